The number of nitrogens with zero attached hydrogens (tertiary/aromatic N) is 1. The first-order valence-electron chi connectivity index (χ1n) is 7.41. The number of pyridine rings is 1. The number of benzene rings is 2. The van der Waals surface area contributed by atoms with E-state index in [-0.39, 0.29) is 6.10 Å². The fourth-order valence-corrected chi connectivity index (χ4v) is 2.79. The van der Waals surface area contributed by atoms with E-state index in [9.17, 15) is 4.79 Å². The molecule has 0 N–H and O–H groups in total. The standard InChI is InChI=1S/C19H16BrNO2/c1-12(2)23-19(22)18-11-15(13-6-4-3-5-7-13)16-10-14(20)8-9-17(16)21-18/h3-12H,1-2H3. The zero-order valence-corrected chi connectivity index (χ0v) is 14.5. The van der Waals surface area contributed by atoms with E-state index in [1.54, 1.807) is 6.07 Å². The van der Waals surface area contributed by atoms with Crippen molar-refractivity contribution in [2.45, 2.75) is 20.0 Å². The summed E-state index contributed by atoms with van der Waals surface area (Å²) in [6, 6.07) is 17.6. The van der Waals surface area contributed by atoms with Crippen LogP contribution in [-0.4, -0.2) is 17.1 Å². The van der Waals surface area contributed by atoms with Crippen LogP contribution in [0.2, 0.25) is 0 Å². The van der Waals surface area contributed by atoms with E-state index in [4.69, 9.17) is 4.74 Å². The first-order chi connectivity index (χ1) is 11.0. The lowest BCUT2D eigenvalue weighted by Crippen LogP contribution is -2.13. The molecule has 0 amide bonds. The van der Waals surface area contributed by atoms with Crippen molar-refractivity contribution < 1.29 is 9.53 Å². The second-order valence-corrected chi connectivity index (χ2v) is 6.45. The van der Waals surface area contributed by atoms with Gasteiger partial charge in [-0.05, 0) is 49.2 Å². The number of aromatic nitrogens is 1. The second-order valence-electron chi connectivity index (χ2n) is 5.54. The highest BCUT2D eigenvalue weighted by Crippen LogP contribution is 2.30. The van der Waals surface area contributed by atoms with Gasteiger partial charge in [-0.25, -0.2) is 9.78 Å². The van der Waals surface area contributed by atoms with Gasteiger partial charge in [0, 0.05) is 9.86 Å². The number of hydrogen-bond acceptors (Lipinski definition) is 3. The van der Waals surface area contributed by atoms with Crippen LogP contribution in [-0.2, 0) is 4.74 Å². The number of ether oxygens (including phenoxy) is 1. The van der Waals surface area contributed by atoms with Crippen LogP contribution in [0.5, 0.6) is 0 Å². The number of carbonyl (C=O) groups is 1. The van der Waals surface area contributed by atoms with E-state index in [0.29, 0.717) is 5.69 Å². The Balaban J connectivity index is 2.22. The molecule has 0 bridgehead atoms. The highest BCUT2D eigenvalue weighted by molar-refractivity contribution is 9.10. The summed E-state index contributed by atoms with van der Waals surface area (Å²) in [5.74, 6) is -0.401. The summed E-state index contributed by atoms with van der Waals surface area (Å²) in [5, 5.41) is 0.992. The van der Waals surface area contributed by atoms with Crippen LogP contribution in [0.15, 0.2) is 59.1 Å². The minimum atomic E-state index is -0.401. The average Bonchev–Trinajstić information content (AvgIpc) is 2.54. The van der Waals surface area contributed by atoms with Gasteiger partial charge in [-0.2, -0.15) is 0 Å². The Labute approximate surface area is 143 Å². The van der Waals surface area contributed by atoms with Gasteiger partial charge in [0.05, 0.1) is 11.6 Å². The van der Waals surface area contributed by atoms with Crippen LogP contribution >= 0.6 is 15.9 Å². The number of carbonyl (C=O) groups excluding carboxylic acids is 1. The highest BCUT2D eigenvalue weighted by atomic mass is 79.9. The van der Waals surface area contributed by atoms with Crippen LogP contribution in [0.4, 0.5) is 0 Å². The van der Waals surface area contributed by atoms with Crippen molar-refractivity contribution in [1.29, 1.82) is 0 Å². The minimum Gasteiger partial charge on any atom is -0.458 e. The van der Waals surface area contributed by atoms with Crippen molar-refractivity contribution in [3.63, 3.8) is 0 Å². The van der Waals surface area contributed by atoms with Crippen LogP contribution in [0, 0.1) is 0 Å². The summed E-state index contributed by atoms with van der Waals surface area (Å²) in [4.78, 5) is 16.7. The van der Waals surface area contributed by atoms with Gasteiger partial charge in [0.1, 0.15) is 5.69 Å². The maximum Gasteiger partial charge on any atom is 0.357 e. The molecule has 116 valence electrons. The predicted octanol–water partition coefficient (Wildman–Crippen LogP) is 5.23. The third kappa shape index (κ3) is 3.42. The first-order valence-corrected chi connectivity index (χ1v) is 8.20. The van der Waals surface area contributed by atoms with Gasteiger partial charge in [-0.3, -0.25) is 0 Å². The molecule has 0 atom stereocenters. The van der Waals surface area contributed by atoms with E-state index in [1.807, 2.05) is 62.4 Å². The lowest BCUT2D eigenvalue weighted by atomic mass is 10.00. The quantitative estimate of drug-likeness (QED) is 0.593. The zero-order chi connectivity index (χ0) is 16.4. The molecule has 0 radical (unpaired) electrons. The van der Waals surface area contributed by atoms with Crippen LogP contribution in [0.3, 0.4) is 0 Å². The molecule has 0 saturated heterocycles. The van der Waals surface area contributed by atoms with E-state index in [2.05, 4.69) is 20.9 Å². The molecule has 1 heterocycles. The fraction of sp³-hybridized carbons (Fsp3) is 0.158. The van der Waals surface area contributed by atoms with Gasteiger partial charge in [0.25, 0.3) is 0 Å². The Hall–Kier alpha value is -2.20. The van der Waals surface area contributed by atoms with E-state index >= 15 is 0 Å². The number of halogens is 1. The number of rotatable bonds is 3. The molecule has 23 heavy (non-hydrogen) atoms. The summed E-state index contributed by atoms with van der Waals surface area (Å²) >= 11 is 3.50. The van der Waals surface area contributed by atoms with Gasteiger partial charge >= 0.3 is 5.97 Å². The highest BCUT2D eigenvalue weighted by Gasteiger charge is 2.15. The predicted molar refractivity (Wildman–Crippen MR) is 95.4 cm³/mol. The van der Waals surface area contributed by atoms with Crippen LogP contribution in [0.25, 0.3) is 22.0 Å². The van der Waals surface area contributed by atoms with Crippen LogP contribution < -0.4 is 0 Å². The zero-order valence-electron chi connectivity index (χ0n) is 12.9. The molecular formula is C19H16BrNO2. The molecule has 1 aromatic heterocycles. The Bertz CT molecular complexity index is 860. The van der Waals surface area contributed by atoms with Crippen molar-refractivity contribution in [2.24, 2.45) is 0 Å². The Morgan fingerprint density at radius 3 is 2.52 bits per heavy atom. The first kappa shape index (κ1) is 15.7. The van der Waals surface area contributed by atoms with Gasteiger partial charge < -0.3 is 4.74 Å². The summed E-state index contributed by atoms with van der Waals surface area (Å²) in [5.41, 5.74) is 3.10. The van der Waals surface area contributed by atoms with Crippen LogP contribution in [0.1, 0.15) is 24.3 Å². The maximum atomic E-state index is 12.3. The summed E-state index contributed by atoms with van der Waals surface area (Å²) in [6.07, 6.45) is -0.176. The fourth-order valence-electron chi connectivity index (χ4n) is 2.43. The van der Waals surface area contributed by atoms with Crippen molar-refractivity contribution in [2.75, 3.05) is 0 Å². The van der Waals surface area contributed by atoms with Gasteiger partial charge in [-0.15, -0.1) is 0 Å². The Kier molecular flexibility index (Phi) is 4.44. The SMILES string of the molecule is CC(C)OC(=O)c1cc(-c2ccccc2)c2cc(Br)ccc2n1. The molecule has 3 rings (SSSR count). The van der Waals surface area contributed by atoms with Crippen molar-refractivity contribution in [1.82, 2.24) is 4.98 Å². The Morgan fingerprint density at radius 2 is 1.83 bits per heavy atom. The van der Waals surface area contributed by atoms with Crippen molar-refractivity contribution in [3.8, 4) is 11.1 Å². The molecule has 0 saturated carbocycles. The molecule has 0 aliphatic carbocycles. The van der Waals surface area contributed by atoms with Crippen molar-refractivity contribution >= 4 is 32.8 Å². The van der Waals surface area contributed by atoms with Gasteiger partial charge in [0.2, 0.25) is 0 Å². The Morgan fingerprint density at radius 1 is 1.09 bits per heavy atom. The summed E-state index contributed by atoms with van der Waals surface area (Å²) in [7, 11) is 0. The normalized spacial score (nSPS) is 11.0. The third-order valence-electron chi connectivity index (χ3n) is 3.41. The monoisotopic (exact) mass is 369 g/mol. The lowest BCUT2D eigenvalue weighted by molar-refractivity contribution is 0.0371. The molecule has 0 spiro atoms. The minimum absolute atomic E-state index is 0.176. The molecule has 3 nitrogen and oxygen atoms in total. The number of hydrogen-bond donors (Lipinski definition) is 0. The van der Waals surface area contributed by atoms with E-state index < -0.39 is 5.97 Å². The largest absolute Gasteiger partial charge is 0.458 e. The summed E-state index contributed by atoms with van der Waals surface area (Å²) in [6.45, 7) is 3.66. The molecule has 3 aromatic rings. The smallest absolute Gasteiger partial charge is 0.357 e. The maximum absolute atomic E-state index is 12.3. The lowest BCUT2D eigenvalue weighted by Gasteiger charge is -2.12. The molecule has 0 aliphatic rings. The van der Waals surface area contributed by atoms with Gasteiger partial charge in [0.15, 0.2) is 0 Å². The molecule has 4 heteroatoms. The summed E-state index contributed by atoms with van der Waals surface area (Å²) < 4.78 is 6.26. The number of fused-ring (bicyclic) bond motifs is 1. The molecule has 0 aliphatic heterocycles. The molecule has 0 fully saturated rings. The number of esters is 1. The molecular weight excluding hydrogens is 354 g/mol. The molecule has 2 aromatic carbocycles. The third-order valence-corrected chi connectivity index (χ3v) is 3.90. The van der Waals surface area contributed by atoms with E-state index in [0.717, 1.165) is 26.5 Å². The van der Waals surface area contributed by atoms with Crippen molar-refractivity contribution in [3.05, 3.63) is 64.8 Å². The molecule has 0 unspecified atom stereocenters. The van der Waals surface area contributed by atoms with Gasteiger partial charge in [-0.1, -0.05) is 46.3 Å². The second kappa shape index (κ2) is 6.50. The van der Waals surface area contributed by atoms with E-state index in [1.165, 1.54) is 0 Å². The topological polar surface area (TPSA) is 39.2 Å². The average molecular weight is 370 g/mol.